The molecule has 1 fully saturated rings. The van der Waals surface area contributed by atoms with Gasteiger partial charge in [0.25, 0.3) is 0 Å². The van der Waals surface area contributed by atoms with Crippen molar-refractivity contribution in [1.82, 2.24) is 4.90 Å². The first-order chi connectivity index (χ1) is 11.0. The molecule has 1 aromatic carbocycles. The van der Waals surface area contributed by atoms with Gasteiger partial charge in [-0.25, -0.2) is 0 Å². The number of piperidine rings is 1. The van der Waals surface area contributed by atoms with Gasteiger partial charge in [0.15, 0.2) is 11.5 Å². The van der Waals surface area contributed by atoms with Gasteiger partial charge in [-0.15, -0.1) is 0 Å². The first kappa shape index (κ1) is 15.3. The Morgan fingerprint density at radius 3 is 2.87 bits per heavy atom. The van der Waals surface area contributed by atoms with Gasteiger partial charge in [-0.05, 0) is 45.0 Å². The van der Waals surface area contributed by atoms with E-state index in [-0.39, 0.29) is 5.41 Å². The third-order valence-corrected chi connectivity index (χ3v) is 6.91. The molecule has 3 nitrogen and oxygen atoms in total. The van der Waals surface area contributed by atoms with Gasteiger partial charge in [-0.1, -0.05) is 39.7 Å². The Morgan fingerprint density at radius 2 is 2.13 bits per heavy atom. The number of hydrogen-bond donors (Lipinski definition) is 1. The van der Waals surface area contributed by atoms with Gasteiger partial charge in [0.2, 0.25) is 0 Å². The molecule has 0 spiro atoms. The fourth-order valence-electron chi connectivity index (χ4n) is 5.00. The largest absolute Gasteiger partial charge is 0.504 e. The smallest absolute Gasteiger partial charge is 0.162 e. The fourth-order valence-corrected chi connectivity index (χ4v) is 5.83. The van der Waals surface area contributed by atoms with E-state index in [2.05, 4.69) is 53.0 Å². The van der Waals surface area contributed by atoms with Crippen molar-refractivity contribution in [2.45, 2.75) is 31.2 Å². The number of phenols is 1. The average Bonchev–Trinajstić information content (AvgIpc) is 2.54. The highest BCUT2D eigenvalue weighted by Gasteiger charge is 2.56. The highest BCUT2D eigenvalue weighted by atomic mass is 79.9. The van der Waals surface area contributed by atoms with Crippen LogP contribution >= 0.6 is 15.9 Å². The zero-order valence-electron chi connectivity index (χ0n) is 13.8. The SMILES string of the molecule is COc1ccc2c(c1O)[C@@]13CCN(C)[C@H](C2)[C@H]1C(Br)=CC=C3C. The van der Waals surface area contributed by atoms with Crippen molar-refractivity contribution < 1.29 is 9.84 Å². The van der Waals surface area contributed by atoms with Crippen molar-refractivity contribution in [1.29, 1.82) is 0 Å². The molecule has 1 aliphatic heterocycles. The average molecular weight is 376 g/mol. The molecule has 3 atom stereocenters. The number of hydrogen-bond acceptors (Lipinski definition) is 3. The van der Waals surface area contributed by atoms with E-state index in [1.165, 1.54) is 15.6 Å². The van der Waals surface area contributed by atoms with Crippen LogP contribution in [-0.4, -0.2) is 36.8 Å². The van der Waals surface area contributed by atoms with Crippen LogP contribution in [0.4, 0.5) is 0 Å². The van der Waals surface area contributed by atoms with Gasteiger partial charge < -0.3 is 14.7 Å². The summed E-state index contributed by atoms with van der Waals surface area (Å²) in [6.45, 7) is 3.25. The van der Waals surface area contributed by atoms with Crippen LogP contribution in [0.3, 0.4) is 0 Å². The van der Waals surface area contributed by atoms with Crippen molar-refractivity contribution in [2.24, 2.45) is 5.92 Å². The molecule has 2 aliphatic carbocycles. The van der Waals surface area contributed by atoms with E-state index in [0.29, 0.717) is 23.5 Å². The number of likely N-dealkylation sites (tertiary alicyclic amines) is 1. The van der Waals surface area contributed by atoms with Crippen LogP contribution in [0.1, 0.15) is 24.5 Å². The molecular formula is C19H22BrNO2. The van der Waals surface area contributed by atoms with Crippen molar-refractivity contribution >= 4 is 15.9 Å². The van der Waals surface area contributed by atoms with Crippen LogP contribution in [0, 0.1) is 5.92 Å². The second kappa shape index (κ2) is 5.12. The molecular weight excluding hydrogens is 354 g/mol. The summed E-state index contributed by atoms with van der Waals surface area (Å²) in [5.74, 6) is 1.26. The molecule has 0 unspecified atom stereocenters. The van der Waals surface area contributed by atoms with E-state index in [4.69, 9.17) is 4.74 Å². The molecule has 1 aromatic rings. The topological polar surface area (TPSA) is 32.7 Å². The summed E-state index contributed by atoms with van der Waals surface area (Å²) in [6.07, 6.45) is 6.37. The third-order valence-electron chi connectivity index (χ3n) is 6.16. The van der Waals surface area contributed by atoms with Crippen molar-refractivity contribution in [3.05, 3.63) is 45.5 Å². The summed E-state index contributed by atoms with van der Waals surface area (Å²) in [5.41, 5.74) is 3.56. The minimum atomic E-state index is -0.128. The summed E-state index contributed by atoms with van der Waals surface area (Å²) in [4.78, 5) is 2.47. The lowest BCUT2D eigenvalue weighted by molar-refractivity contribution is 0.0705. The summed E-state index contributed by atoms with van der Waals surface area (Å²) < 4.78 is 6.65. The number of phenolic OH excluding ortho intramolecular Hbond substituents is 1. The predicted molar refractivity (Wildman–Crippen MR) is 95.3 cm³/mol. The summed E-state index contributed by atoms with van der Waals surface area (Å²) in [7, 11) is 3.84. The number of fused-ring (bicyclic) bond motifs is 1. The molecule has 23 heavy (non-hydrogen) atoms. The van der Waals surface area contributed by atoms with Crippen molar-refractivity contribution in [3.63, 3.8) is 0 Å². The molecule has 2 bridgehead atoms. The zero-order valence-corrected chi connectivity index (χ0v) is 15.4. The van der Waals surface area contributed by atoms with Crippen LogP contribution in [0.25, 0.3) is 0 Å². The van der Waals surface area contributed by atoms with Crippen LogP contribution in [0.15, 0.2) is 34.3 Å². The lowest BCUT2D eigenvalue weighted by Gasteiger charge is -2.58. The monoisotopic (exact) mass is 375 g/mol. The summed E-state index contributed by atoms with van der Waals surface area (Å²) >= 11 is 3.82. The Hall–Kier alpha value is -1.26. The minimum absolute atomic E-state index is 0.128. The lowest BCUT2D eigenvalue weighted by Crippen LogP contribution is -2.60. The zero-order chi connectivity index (χ0) is 16.4. The van der Waals surface area contributed by atoms with Gasteiger partial charge in [-0.3, -0.25) is 0 Å². The first-order valence-corrected chi connectivity index (χ1v) is 8.94. The molecule has 1 heterocycles. The van der Waals surface area contributed by atoms with Crippen LogP contribution < -0.4 is 4.74 Å². The number of allylic oxidation sites excluding steroid dienone is 3. The molecule has 3 aliphatic rings. The van der Waals surface area contributed by atoms with Gasteiger partial charge >= 0.3 is 0 Å². The number of nitrogens with zero attached hydrogens (tertiary/aromatic N) is 1. The molecule has 122 valence electrons. The van der Waals surface area contributed by atoms with Crippen molar-refractivity contribution in [3.8, 4) is 11.5 Å². The van der Waals surface area contributed by atoms with E-state index >= 15 is 0 Å². The number of halogens is 1. The van der Waals surface area contributed by atoms with Gasteiger partial charge in [0.05, 0.1) is 7.11 Å². The van der Waals surface area contributed by atoms with E-state index in [1.54, 1.807) is 7.11 Å². The molecule has 0 saturated carbocycles. The van der Waals surface area contributed by atoms with Crippen molar-refractivity contribution in [2.75, 3.05) is 20.7 Å². The van der Waals surface area contributed by atoms with Gasteiger partial charge in [0.1, 0.15) is 0 Å². The Labute approximate surface area is 145 Å². The normalized spacial score (nSPS) is 32.5. The molecule has 0 amide bonds. The van der Waals surface area contributed by atoms with Gasteiger partial charge in [0, 0.05) is 27.4 Å². The van der Waals surface area contributed by atoms with E-state index in [1.807, 2.05) is 6.07 Å². The number of rotatable bonds is 1. The quantitative estimate of drug-likeness (QED) is 0.810. The molecule has 1 N–H and O–H groups in total. The van der Waals surface area contributed by atoms with Crippen LogP contribution in [-0.2, 0) is 11.8 Å². The number of benzene rings is 1. The predicted octanol–water partition coefficient (Wildman–Crippen LogP) is 3.75. The van der Waals surface area contributed by atoms with Gasteiger partial charge in [-0.2, -0.15) is 0 Å². The molecule has 4 heteroatoms. The van der Waals surface area contributed by atoms with E-state index in [9.17, 15) is 5.11 Å². The number of methoxy groups -OCH3 is 1. The Kier molecular flexibility index (Phi) is 3.40. The maximum Gasteiger partial charge on any atom is 0.162 e. The number of ether oxygens (including phenoxy) is 1. The Morgan fingerprint density at radius 1 is 1.35 bits per heavy atom. The maximum atomic E-state index is 10.9. The van der Waals surface area contributed by atoms with Crippen LogP contribution in [0.2, 0.25) is 0 Å². The molecule has 1 saturated heterocycles. The fraction of sp³-hybridized carbons (Fsp3) is 0.474. The van der Waals surface area contributed by atoms with Crippen LogP contribution in [0.5, 0.6) is 11.5 Å². The number of likely N-dealkylation sites (N-methyl/N-ethyl adjacent to an activating group) is 1. The second-order valence-corrected chi connectivity index (χ2v) is 7.92. The molecule has 0 aromatic heterocycles. The summed E-state index contributed by atoms with van der Waals surface area (Å²) in [6, 6.07) is 4.49. The van der Waals surface area contributed by atoms with E-state index < -0.39 is 0 Å². The highest BCUT2D eigenvalue weighted by Crippen LogP contribution is 2.60. The lowest BCUT2D eigenvalue weighted by atomic mass is 9.53. The number of aromatic hydroxyl groups is 1. The minimum Gasteiger partial charge on any atom is -0.504 e. The highest BCUT2D eigenvalue weighted by molar-refractivity contribution is 9.11. The Bertz CT molecular complexity index is 739. The molecule has 0 radical (unpaired) electrons. The summed E-state index contributed by atoms with van der Waals surface area (Å²) in [5, 5.41) is 10.9. The second-order valence-electron chi connectivity index (χ2n) is 7.00. The Balaban J connectivity index is 2.04. The van der Waals surface area contributed by atoms with E-state index in [0.717, 1.165) is 24.9 Å². The maximum absolute atomic E-state index is 10.9. The first-order valence-electron chi connectivity index (χ1n) is 8.14. The molecule has 4 rings (SSSR count). The third kappa shape index (κ3) is 1.85. The standard InChI is InChI=1S/C19H22BrNO2/c1-11-4-6-13(20)17-14-10-12-5-7-15(23-3)18(22)16(12)19(11,17)8-9-21(14)2/h4-7,14,17,22H,8-10H2,1-3H3/t14-,17-,19+/m1/s1.